The Hall–Kier alpha value is -0.870. The van der Waals surface area contributed by atoms with E-state index in [4.69, 9.17) is 0 Å². The quantitative estimate of drug-likeness (QED) is 0.751. The summed E-state index contributed by atoms with van der Waals surface area (Å²) < 4.78 is 28.9. The molecule has 2 atom stereocenters. The van der Waals surface area contributed by atoms with Crippen molar-refractivity contribution < 1.29 is 8.42 Å². The number of hydrogen-bond acceptors (Lipinski definition) is 2. The maximum atomic E-state index is 13.6. The van der Waals surface area contributed by atoms with Crippen molar-refractivity contribution in [3.05, 3.63) is 29.3 Å². The molecule has 140 valence electrons. The van der Waals surface area contributed by atoms with Gasteiger partial charge >= 0.3 is 0 Å². The summed E-state index contributed by atoms with van der Waals surface area (Å²) in [5.74, 6) is 0. The molecule has 2 fully saturated rings. The summed E-state index contributed by atoms with van der Waals surface area (Å²) in [6.45, 7) is 15.8. The Bertz CT molecular complexity index is 789. The number of sulfonamides is 1. The molecular weight excluding hydrogens is 330 g/mol. The van der Waals surface area contributed by atoms with Gasteiger partial charge in [0.05, 0.1) is 4.90 Å². The molecular formula is C21H33NO2S. The van der Waals surface area contributed by atoms with Gasteiger partial charge in [0.1, 0.15) is 0 Å². The van der Waals surface area contributed by atoms with Crippen molar-refractivity contribution in [3.8, 4) is 0 Å². The topological polar surface area (TPSA) is 37.4 Å². The van der Waals surface area contributed by atoms with Crippen LogP contribution in [-0.4, -0.2) is 25.3 Å². The fraction of sp³-hybridized carbons (Fsp3) is 0.714. The molecule has 1 aliphatic heterocycles. The third kappa shape index (κ3) is 3.40. The molecule has 1 aliphatic carbocycles. The van der Waals surface area contributed by atoms with Gasteiger partial charge in [0.2, 0.25) is 10.0 Å². The molecule has 0 amide bonds. The standard InChI is InChI=1S/C21H33NO2S/c1-15-8-9-16(19(2,3)4)10-18(15)25(23,24)22-14-21(7)12-17(22)11-20(5,6)13-21/h8-10,17H,11-14H2,1-7H3. The Balaban J connectivity index is 2.04. The van der Waals surface area contributed by atoms with Gasteiger partial charge in [0.15, 0.2) is 0 Å². The first-order valence-corrected chi connectivity index (χ1v) is 10.8. The van der Waals surface area contributed by atoms with E-state index in [-0.39, 0.29) is 22.3 Å². The molecule has 1 aromatic carbocycles. The maximum Gasteiger partial charge on any atom is 0.243 e. The van der Waals surface area contributed by atoms with Crippen LogP contribution in [0.3, 0.4) is 0 Å². The van der Waals surface area contributed by atoms with Gasteiger partial charge in [-0.2, -0.15) is 4.31 Å². The first-order chi connectivity index (χ1) is 11.2. The van der Waals surface area contributed by atoms with E-state index in [0.717, 1.165) is 30.4 Å². The van der Waals surface area contributed by atoms with Crippen LogP contribution in [-0.2, 0) is 15.4 Å². The van der Waals surface area contributed by atoms with Gasteiger partial charge in [0, 0.05) is 12.6 Å². The minimum absolute atomic E-state index is 0.0627. The number of hydrogen-bond donors (Lipinski definition) is 0. The molecule has 2 bridgehead atoms. The van der Waals surface area contributed by atoms with Crippen molar-refractivity contribution >= 4 is 10.0 Å². The van der Waals surface area contributed by atoms with E-state index in [0.29, 0.717) is 11.4 Å². The van der Waals surface area contributed by atoms with Gasteiger partial charge < -0.3 is 0 Å². The highest BCUT2D eigenvalue weighted by atomic mass is 32.2. The summed E-state index contributed by atoms with van der Waals surface area (Å²) in [6, 6.07) is 6.06. The molecule has 3 rings (SSSR count). The molecule has 0 N–H and O–H groups in total. The number of benzene rings is 1. The summed E-state index contributed by atoms with van der Waals surface area (Å²) in [5.41, 5.74) is 2.18. The van der Waals surface area contributed by atoms with Gasteiger partial charge in [-0.3, -0.25) is 0 Å². The van der Waals surface area contributed by atoms with Gasteiger partial charge in [-0.1, -0.05) is 53.7 Å². The minimum Gasteiger partial charge on any atom is -0.207 e. The molecule has 2 aliphatic rings. The van der Waals surface area contributed by atoms with E-state index < -0.39 is 10.0 Å². The second-order valence-electron chi connectivity index (χ2n) is 10.5. The van der Waals surface area contributed by atoms with Crippen molar-refractivity contribution in [3.63, 3.8) is 0 Å². The van der Waals surface area contributed by atoms with E-state index in [1.807, 2.05) is 23.4 Å². The van der Waals surface area contributed by atoms with Crippen LogP contribution in [0.2, 0.25) is 0 Å². The number of rotatable bonds is 2. The van der Waals surface area contributed by atoms with Crippen LogP contribution in [0.25, 0.3) is 0 Å². The molecule has 0 radical (unpaired) electrons. The Morgan fingerprint density at radius 3 is 2.36 bits per heavy atom. The lowest BCUT2D eigenvalue weighted by Gasteiger charge is -2.39. The zero-order chi connectivity index (χ0) is 18.8. The lowest BCUT2D eigenvalue weighted by atomic mass is 9.65. The lowest BCUT2D eigenvalue weighted by molar-refractivity contribution is 0.133. The van der Waals surface area contributed by atoms with Gasteiger partial charge in [-0.15, -0.1) is 0 Å². The summed E-state index contributed by atoms with van der Waals surface area (Å²) in [4.78, 5) is 0.494. The largest absolute Gasteiger partial charge is 0.243 e. The Morgan fingerprint density at radius 2 is 1.76 bits per heavy atom. The first kappa shape index (κ1) is 18.9. The van der Waals surface area contributed by atoms with Gasteiger partial charge in [0.25, 0.3) is 0 Å². The molecule has 4 heteroatoms. The van der Waals surface area contributed by atoms with Crippen molar-refractivity contribution in [2.24, 2.45) is 10.8 Å². The first-order valence-electron chi connectivity index (χ1n) is 9.37. The van der Waals surface area contributed by atoms with Crippen LogP contribution in [0.15, 0.2) is 23.1 Å². The molecule has 0 spiro atoms. The zero-order valence-corrected chi connectivity index (χ0v) is 17.6. The smallest absolute Gasteiger partial charge is 0.207 e. The average molecular weight is 364 g/mol. The monoisotopic (exact) mass is 363 g/mol. The fourth-order valence-corrected chi connectivity index (χ4v) is 7.19. The predicted molar refractivity (Wildman–Crippen MR) is 103 cm³/mol. The van der Waals surface area contributed by atoms with E-state index in [1.165, 1.54) is 0 Å². The molecule has 1 saturated carbocycles. The van der Waals surface area contributed by atoms with Gasteiger partial charge in [-0.25, -0.2) is 8.42 Å². The third-order valence-corrected chi connectivity index (χ3v) is 8.05. The number of fused-ring (bicyclic) bond motifs is 2. The van der Waals surface area contributed by atoms with Crippen LogP contribution >= 0.6 is 0 Å². The zero-order valence-electron chi connectivity index (χ0n) is 16.8. The van der Waals surface area contributed by atoms with Crippen LogP contribution < -0.4 is 0 Å². The number of aryl methyl sites for hydroxylation is 1. The molecule has 25 heavy (non-hydrogen) atoms. The number of nitrogens with zero attached hydrogens (tertiary/aromatic N) is 1. The van der Waals surface area contributed by atoms with Crippen LogP contribution in [0.1, 0.15) is 71.9 Å². The summed E-state index contributed by atoms with van der Waals surface area (Å²) in [5, 5.41) is 0. The normalized spacial score (nSPS) is 29.8. The molecule has 1 heterocycles. The summed E-state index contributed by atoms with van der Waals surface area (Å²) in [7, 11) is -3.46. The second kappa shape index (κ2) is 5.56. The summed E-state index contributed by atoms with van der Waals surface area (Å²) >= 11 is 0. The average Bonchev–Trinajstić information content (AvgIpc) is 2.67. The second-order valence-corrected chi connectivity index (χ2v) is 12.4. The van der Waals surface area contributed by atoms with Crippen molar-refractivity contribution in [2.45, 2.75) is 84.1 Å². The highest BCUT2D eigenvalue weighted by Gasteiger charge is 2.53. The SMILES string of the molecule is Cc1ccc(C(C)(C)C)cc1S(=O)(=O)N1CC2(C)CC1CC(C)(C)C2. The van der Waals surface area contributed by atoms with E-state index in [2.05, 4.69) is 47.6 Å². The molecule has 3 nitrogen and oxygen atoms in total. The Labute approximate surface area is 153 Å². The molecule has 0 aromatic heterocycles. The van der Waals surface area contributed by atoms with Crippen LogP contribution in [0, 0.1) is 17.8 Å². The highest BCUT2D eigenvalue weighted by molar-refractivity contribution is 7.89. The van der Waals surface area contributed by atoms with E-state index >= 15 is 0 Å². The molecule has 1 saturated heterocycles. The molecule has 2 unspecified atom stereocenters. The van der Waals surface area contributed by atoms with Gasteiger partial charge in [-0.05, 0) is 59.6 Å². The lowest BCUT2D eigenvalue weighted by Crippen LogP contribution is -2.38. The predicted octanol–water partition coefficient (Wildman–Crippen LogP) is 4.88. The maximum absolute atomic E-state index is 13.6. The van der Waals surface area contributed by atoms with Crippen molar-refractivity contribution in [1.82, 2.24) is 4.31 Å². The Kier molecular flexibility index (Phi) is 4.21. The van der Waals surface area contributed by atoms with E-state index in [9.17, 15) is 8.42 Å². The minimum atomic E-state index is -3.46. The fourth-order valence-electron chi connectivity index (χ4n) is 5.16. The van der Waals surface area contributed by atoms with Crippen molar-refractivity contribution in [2.75, 3.05) is 6.54 Å². The van der Waals surface area contributed by atoms with Crippen LogP contribution in [0.4, 0.5) is 0 Å². The Morgan fingerprint density at radius 1 is 1.12 bits per heavy atom. The van der Waals surface area contributed by atoms with Crippen molar-refractivity contribution in [1.29, 1.82) is 0 Å². The molecule has 1 aromatic rings. The third-order valence-electron chi connectivity index (χ3n) is 6.01. The van der Waals surface area contributed by atoms with Crippen LogP contribution in [0.5, 0.6) is 0 Å². The van der Waals surface area contributed by atoms with E-state index in [1.54, 1.807) is 0 Å². The highest BCUT2D eigenvalue weighted by Crippen LogP contribution is 2.53. The summed E-state index contributed by atoms with van der Waals surface area (Å²) in [6.07, 6.45) is 3.05.